The highest BCUT2D eigenvalue weighted by Gasteiger charge is 2.60. The molecule has 0 saturated heterocycles. The van der Waals surface area contributed by atoms with Crippen LogP contribution in [0.5, 0.6) is 0 Å². The lowest BCUT2D eigenvalue weighted by molar-refractivity contribution is -0.686. The molecular weight excluding hydrogens is 800 g/mol. The Hall–Kier alpha value is -4.86. The number of pyridine rings is 1. The summed E-state index contributed by atoms with van der Waals surface area (Å²) in [6.45, 7) is 9.02. The molecule has 0 radical (unpaired) electrons. The smallest absolute Gasteiger partial charge is 0.372 e. The van der Waals surface area contributed by atoms with Crippen molar-refractivity contribution in [2.75, 3.05) is 30.9 Å². The SMILES string of the molecule is C[C@H](CCC(=O)NCc1cn(CCNc2ccc([N+](=O)[O-])c3nonc23)nn1)[C@H]1CC[C@H]2[C@@H]3CC[C@@H]4C[C@H](OC(=O)C[n+]5ccc(N(C)C)cc5)CC[C@]4(C)[C@H]3CC[C@]12C.[Cl-]. The van der Waals surface area contributed by atoms with E-state index in [2.05, 4.69) is 52.0 Å². The lowest BCUT2D eigenvalue weighted by Gasteiger charge is -2.61. The number of halogens is 1. The van der Waals surface area contributed by atoms with Gasteiger partial charge in [0.15, 0.2) is 17.9 Å². The van der Waals surface area contributed by atoms with Crippen molar-refractivity contribution in [2.24, 2.45) is 46.3 Å². The molecule has 61 heavy (non-hydrogen) atoms. The Morgan fingerprint density at radius 1 is 1.03 bits per heavy atom. The zero-order chi connectivity index (χ0) is 42.2. The van der Waals surface area contributed by atoms with Gasteiger partial charge in [0.1, 0.15) is 11.8 Å². The zero-order valence-corrected chi connectivity index (χ0v) is 36.9. The number of nitro benzene ring substituents is 1. The zero-order valence-electron chi connectivity index (χ0n) is 36.1. The summed E-state index contributed by atoms with van der Waals surface area (Å²) in [6, 6.07) is 6.99. The summed E-state index contributed by atoms with van der Waals surface area (Å²) in [5, 5.41) is 33.4. The monoisotopic (exact) mass is 860 g/mol. The predicted molar refractivity (Wildman–Crippen MR) is 223 cm³/mol. The number of carbonyl (C=O) groups is 2. The highest BCUT2D eigenvalue weighted by atomic mass is 35.5. The topological polar surface area (TPSA) is 187 Å². The third kappa shape index (κ3) is 9.05. The molecule has 4 aliphatic rings. The summed E-state index contributed by atoms with van der Waals surface area (Å²) < 4.78 is 14.4. The number of esters is 1. The number of fused-ring (bicyclic) bond motifs is 6. The van der Waals surface area contributed by atoms with E-state index in [-0.39, 0.29) is 48.1 Å². The van der Waals surface area contributed by atoms with E-state index in [1.54, 1.807) is 10.7 Å². The number of carbonyl (C=O) groups excluding carboxylic acids is 2. The summed E-state index contributed by atoms with van der Waals surface area (Å²) in [7, 11) is 4.02. The van der Waals surface area contributed by atoms with Crippen LogP contribution in [0, 0.1) is 56.5 Å². The van der Waals surface area contributed by atoms with Crippen molar-refractivity contribution in [1.29, 1.82) is 0 Å². The molecule has 16 nitrogen and oxygen atoms in total. The molecule has 0 bridgehead atoms. The van der Waals surface area contributed by atoms with Crippen LogP contribution in [0.1, 0.15) is 97.1 Å². The minimum Gasteiger partial charge on any atom is -1.00 e. The van der Waals surface area contributed by atoms with Gasteiger partial charge in [0, 0.05) is 50.9 Å². The van der Waals surface area contributed by atoms with Crippen molar-refractivity contribution in [2.45, 2.75) is 117 Å². The Morgan fingerprint density at radius 3 is 2.56 bits per heavy atom. The lowest BCUT2D eigenvalue weighted by atomic mass is 9.44. The lowest BCUT2D eigenvalue weighted by Crippen LogP contribution is -3.00. The number of nitrogens with one attached hydrogen (secondary N) is 2. The third-order valence-electron chi connectivity index (χ3n) is 15.5. The molecule has 3 heterocycles. The number of hydrogen-bond acceptors (Lipinski definition) is 12. The van der Waals surface area contributed by atoms with Crippen LogP contribution in [0.2, 0.25) is 0 Å². The molecular formula is C44H61ClN10O6. The first-order valence-electron chi connectivity index (χ1n) is 22.0. The fourth-order valence-corrected chi connectivity index (χ4v) is 12.3. The summed E-state index contributed by atoms with van der Waals surface area (Å²) in [4.78, 5) is 38.9. The molecule has 4 aromatic rings. The maximum Gasteiger partial charge on any atom is 0.372 e. The Bertz CT molecular complexity index is 2180. The van der Waals surface area contributed by atoms with Gasteiger partial charge in [-0.1, -0.05) is 26.0 Å². The number of hydrogen-bond donors (Lipinski definition) is 2. The number of non-ortho nitro benzene ring substituents is 1. The first-order valence-corrected chi connectivity index (χ1v) is 22.0. The van der Waals surface area contributed by atoms with Crippen LogP contribution in [-0.4, -0.2) is 68.9 Å². The Balaban J connectivity index is 0.00000561. The molecule has 8 rings (SSSR count). The second-order valence-electron chi connectivity index (χ2n) is 18.9. The molecule has 0 unspecified atom stereocenters. The number of amides is 1. The van der Waals surface area contributed by atoms with Gasteiger partial charge in [0.2, 0.25) is 18.0 Å². The molecule has 3 aromatic heterocycles. The first-order chi connectivity index (χ1) is 28.8. The molecule has 4 saturated carbocycles. The Labute approximate surface area is 363 Å². The maximum atomic E-state index is 13.1. The van der Waals surface area contributed by atoms with Crippen LogP contribution in [0.4, 0.5) is 17.1 Å². The van der Waals surface area contributed by atoms with Crippen LogP contribution in [-0.2, 0) is 34.0 Å². The van der Waals surface area contributed by atoms with E-state index in [0.717, 1.165) is 49.1 Å². The summed E-state index contributed by atoms with van der Waals surface area (Å²) >= 11 is 0. The van der Waals surface area contributed by atoms with Crippen molar-refractivity contribution in [3.63, 3.8) is 0 Å². The van der Waals surface area contributed by atoms with E-state index < -0.39 is 4.92 Å². The van der Waals surface area contributed by atoms with Gasteiger partial charge in [-0.3, -0.25) is 19.6 Å². The van der Waals surface area contributed by atoms with E-state index in [4.69, 9.17) is 9.37 Å². The number of rotatable bonds is 15. The first kappa shape index (κ1) is 44.2. The minimum absolute atomic E-state index is 0. The minimum atomic E-state index is -0.518. The summed E-state index contributed by atoms with van der Waals surface area (Å²) in [5.74, 6) is 3.86. The second-order valence-corrected chi connectivity index (χ2v) is 18.9. The predicted octanol–water partition coefficient (Wildman–Crippen LogP) is 3.50. The number of ether oxygens (including phenoxy) is 1. The van der Waals surface area contributed by atoms with Crippen LogP contribution in [0.3, 0.4) is 0 Å². The average molecular weight is 861 g/mol. The van der Waals surface area contributed by atoms with E-state index in [9.17, 15) is 19.7 Å². The molecule has 4 aliphatic carbocycles. The molecule has 1 aromatic carbocycles. The van der Waals surface area contributed by atoms with Gasteiger partial charge < -0.3 is 32.7 Å². The summed E-state index contributed by atoms with van der Waals surface area (Å²) in [6.07, 6.45) is 17.8. The van der Waals surface area contributed by atoms with Gasteiger partial charge in [-0.25, -0.2) is 9.42 Å². The highest BCUT2D eigenvalue weighted by molar-refractivity contribution is 5.93. The molecule has 17 heteroatoms. The van der Waals surface area contributed by atoms with E-state index >= 15 is 0 Å². The number of nitro groups is 1. The van der Waals surface area contributed by atoms with Crippen LogP contribution >= 0.6 is 0 Å². The fourth-order valence-electron chi connectivity index (χ4n) is 12.3. The average Bonchev–Trinajstić information content (AvgIpc) is 3.98. The molecule has 4 fully saturated rings. The largest absolute Gasteiger partial charge is 1.00 e. The van der Waals surface area contributed by atoms with E-state index in [1.165, 1.54) is 44.6 Å². The molecule has 0 aliphatic heterocycles. The van der Waals surface area contributed by atoms with Crippen LogP contribution in [0.15, 0.2) is 47.5 Å². The number of nitrogens with zero attached hydrogens (tertiary/aromatic N) is 8. The van der Waals surface area contributed by atoms with Crippen molar-refractivity contribution in [3.8, 4) is 0 Å². The standard InChI is InChI=1S/C44H60N10O6.ClH/c1-28(6-13-39(55)46-25-30-26-53(50-47-30)23-20-45-37-11-12-38(54(57)58)42-41(37)48-60-49-42)34-9-10-35-33-8-7-29-24-32(14-18-43(29,2)36(33)15-19-44(34,35)3)59-40(56)27-52-21-16-31(17-22-52)51(4)5;/h11-12,16-17,21-22,26,28-29,32-36H,6-10,13-15,18-20,23-25,27H2,1-5H3,(H-,45,46,49,55);1H/t28-,29-,32-,33+,34-,35+,36+,43+,44-;/m1./s1. The number of aromatic nitrogens is 6. The Morgan fingerprint density at radius 2 is 1.79 bits per heavy atom. The molecule has 9 atom stereocenters. The summed E-state index contributed by atoms with van der Waals surface area (Å²) in [5.41, 5.74) is 3.20. The van der Waals surface area contributed by atoms with Crippen molar-refractivity contribution < 1.29 is 40.9 Å². The van der Waals surface area contributed by atoms with Crippen molar-refractivity contribution in [3.05, 3.63) is 58.7 Å². The van der Waals surface area contributed by atoms with E-state index in [0.29, 0.717) is 71.5 Å². The second kappa shape index (κ2) is 18.2. The van der Waals surface area contributed by atoms with Crippen molar-refractivity contribution in [1.82, 2.24) is 30.6 Å². The number of benzene rings is 1. The van der Waals surface area contributed by atoms with Gasteiger partial charge in [-0.15, -0.1) is 5.10 Å². The molecule has 2 N–H and O–H groups in total. The van der Waals surface area contributed by atoms with Gasteiger partial charge in [0.25, 0.3) is 0 Å². The third-order valence-corrected chi connectivity index (χ3v) is 15.5. The fraction of sp³-hybridized carbons (Fsp3) is 0.659. The van der Waals surface area contributed by atoms with Gasteiger partial charge in [0.05, 0.1) is 29.9 Å². The number of anilines is 2. The normalized spacial score (nSPS) is 28.4. The quantitative estimate of drug-likeness (QED) is 0.0769. The van der Waals surface area contributed by atoms with Gasteiger partial charge in [-0.05, 0) is 127 Å². The highest BCUT2D eigenvalue weighted by Crippen LogP contribution is 2.68. The van der Waals surface area contributed by atoms with Crippen LogP contribution < -0.4 is 32.5 Å². The molecule has 330 valence electrons. The maximum absolute atomic E-state index is 13.1. The Kier molecular flexibility index (Phi) is 13.2. The van der Waals surface area contributed by atoms with Crippen LogP contribution in [0.25, 0.3) is 11.0 Å². The molecule has 1 amide bonds. The van der Waals surface area contributed by atoms with Gasteiger partial charge in [-0.2, -0.15) is 4.57 Å². The van der Waals surface area contributed by atoms with Crippen molar-refractivity contribution >= 4 is 40.0 Å². The van der Waals surface area contributed by atoms with E-state index in [1.807, 2.05) is 54.3 Å². The molecule has 0 spiro atoms. The van der Waals surface area contributed by atoms with Gasteiger partial charge >= 0.3 is 11.7 Å².